The summed E-state index contributed by atoms with van der Waals surface area (Å²) in [4.78, 5) is 0. The summed E-state index contributed by atoms with van der Waals surface area (Å²) >= 11 is 0. The molecule has 0 N–H and O–H groups in total. The average molecular weight is 110 g/mol. The van der Waals surface area contributed by atoms with Crippen LogP contribution in [0.4, 0.5) is 0 Å². The van der Waals surface area contributed by atoms with Crippen LogP contribution in [-0.2, 0) is 0 Å². The zero-order valence-corrected chi connectivity index (χ0v) is 5.26. The van der Waals surface area contributed by atoms with Gasteiger partial charge in [0, 0.05) is 0 Å². The molecule has 0 saturated carbocycles. The van der Waals surface area contributed by atoms with Crippen LogP contribution in [0.2, 0.25) is 0 Å². The van der Waals surface area contributed by atoms with Gasteiger partial charge in [-0.05, 0) is 12.0 Å². The quantitative estimate of drug-likeness (QED) is 0.493. The molecule has 0 bridgehead atoms. The van der Waals surface area contributed by atoms with Crippen molar-refractivity contribution in [3.8, 4) is 0 Å². The van der Waals surface area contributed by atoms with Crippen molar-refractivity contribution in [3.05, 3.63) is 11.8 Å². The van der Waals surface area contributed by atoms with Crippen LogP contribution >= 0.6 is 0 Å². The van der Waals surface area contributed by atoms with Gasteiger partial charge < -0.3 is 0 Å². The van der Waals surface area contributed by atoms with E-state index in [0.717, 1.165) is 12.2 Å². The lowest BCUT2D eigenvalue weighted by Gasteiger charge is -1.96. The van der Waals surface area contributed by atoms with Gasteiger partial charge >= 0.3 is 0 Å². The van der Waals surface area contributed by atoms with Gasteiger partial charge in [-0.1, -0.05) is 13.8 Å². The summed E-state index contributed by atoms with van der Waals surface area (Å²) in [7, 11) is 0. The van der Waals surface area contributed by atoms with Gasteiger partial charge in [-0.25, -0.2) is 0 Å². The molecule has 0 atom stereocenters. The third-order valence-electron chi connectivity index (χ3n) is 1.16. The van der Waals surface area contributed by atoms with E-state index in [1.807, 2.05) is 0 Å². The lowest BCUT2D eigenvalue weighted by Crippen LogP contribution is -1.86. The number of rotatable bonds is 1. The third kappa shape index (κ3) is 0.941. The van der Waals surface area contributed by atoms with Crippen LogP contribution < -0.4 is 0 Å². The lowest BCUT2D eigenvalue weighted by molar-refractivity contribution is 0.752. The number of allylic oxidation sites excluding steroid dienone is 1. The summed E-state index contributed by atoms with van der Waals surface area (Å²) in [5, 5.41) is 7.74. The molecule has 0 aromatic carbocycles. The Morgan fingerprint density at radius 3 is 2.62 bits per heavy atom. The van der Waals surface area contributed by atoms with Crippen molar-refractivity contribution in [1.29, 1.82) is 0 Å². The fourth-order valence-electron chi connectivity index (χ4n) is 0.649. The maximum atomic E-state index is 3.92. The Morgan fingerprint density at radius 1 is 1.62 bits per heavy atom. The Hall–Kier alpha value is -0.660. The third-order valence-corrected chi connectivity index (χ3v) is 1.16. The Morgan fingerprint density at radius 2 is 2.38 bits per heavy atom. The molecule has 2 nitrogen and oxygen atoms in total. The van der Waals surface area contributed by atoms with E-state index in [0.29, 0.717) is 5.92 Å². The summed E-state index contributed by atoms with van der Waals surface area (Å²) in [6.07, 6.45) is 2.06. The van der Waals surface area contributed by atoms with Crippen molar-refractivity contribution in [1.82, 2.24) is 0 Å². The summed E-state index contributed by atoms with van der Waals surface area (Å²) in [5.74, 6) is 0.543. The largest absolute Gasteiger partial charge is 0.185 e. The van der Waals surface area contributed by atoms with Gasteiger partial charge in [-0.3, -0.25) is 0 Å². The zero-order chi connectivity index (χ0) is 5.98. The first kappa shape index (κ1) is 5.48. The van der Waals surface area contributed by atoms with Gasteiger partial charge in [0.05, 0.1) is 12.2 Å². The summed E-state index contributed by atoms with van der Waals surface area (Å²) < 4.78 is 0. The van der Waals surface area contributed by atoms with Gasteiger partial charge in [0.15, 0.2) is 0 Å². The van der Waals surface area contributed by atoms with Crippen LogP contribution in [0.15, 0.2) is 22.0 Å². The first-order chi connectivity index (χ1) is 3.80. The van der Waals surface area contributed by atoms with Gasteiger partial charge in [0.2, 0.25) is 0 Å². The number of nitrogens with zero attached hydrogens (tertiary/aromatic N) is 2. The predicted octanol–water partition coefficient (Wildman–Crippen LogP) is 1.99. The number of hydrogen-bond acceptors (Lipinski definition) is 2. The minimum Gasteiger partial charge on any atom is -0.185 e. The van der Waals surface area contributed by atoms with Crippen LogP contribution in [0.5, 0.6) is 0 Å². The molecule has 0 amide bonds. The molecule has 2 heteroatoms. The van der Waals surface area contributed by atoms with Crippen LogP contribution in [0.3, 0.4) is 0 Å². The van der Waals surface area contributed by atoms with E-state index in [-0.39, 0.29) is 0 Å². The van der Waals surface area contributed by atoms with E-state index in [4.69, 9.17) is 0 Å². The zero-order valence-electron chi connectivity index (χ0n) is 5.26. The second-order valence-corrected chi connectivity index (χ2v) is 2.21. The molecule has 0 aromatic rings. The highest BCUT2D eigenvalue weighted by molar-refractivity contribution is 5.06. The molecule has 1 aliphatic rings. The number of azo groups is 1. The summed E-state index contributed by atoms with van der Waals surface area (Å²) in [6, 6.07) is 0. The van der Waals surface area contributed by atoms with Crippen molar-refractivity contribution in [2.45, 2.75) is 13.8 Å². The highest BCUT2D eigenvalue weighted by Gasteiger charge is 2.03. The predicted molar refractivity (Wildman–Crippen MR) is 32.6 cm³/mol. The molecule has 1 aliphatic heterocycles. The van der Waals surface area contributed by atoms with Crippen LogP contribution in [-0.4, -0.2) is 6.54 Å². The molecule has 0 fully saturated rings. The Bertz CT molecular complexity index is 133. The normalized spacial score (nSPS) is 17.6. The second kappa shape index (κ2) is 2.07. The van der Waals surface area contributed by atoms with E-state index in [1.54, 1.807) is 0 Å². The first-order valence-corrected chi connectivity index (χ1v) is 2.88. The molecule has 0 spiro atoms. The Labute approximate surface area is 49.3 Å². The summed E-state index contributed by atoms with van der Waals surface area (Å²) in [5.41, 5.74) is 1.13. The van der Waals surface area contributed by atoms with Crippen molar-refractivity contribution in [2.24, 2.45) is 16.1 Å². The van der Waals surface area contributed by atoms with Gasteiger partial charge in [0.25, 0.3) is 0 Å². The monoisotopic (exact) mass is 110 g/mol. The van der Waals surface area contributed by atoms with Crippen LogP contribution in [0, 0.1) is 5.92 Å². The standard InChI is InChI=1S/C6H10N2/c1-5(2)6-3-4-7-8-6/h3,5H,4H2,1-2H3. The maximum Gasteiger partial charge on any atom is 0.0805 e. The molecule has 0 aliphatic carbocycles. The van der Waals surface area contributed by atoms with Crippen molar-refractivity contribution < 1.29 is 0 Å². The SMILES string of the molecule is CC(C)C1=CCN=N1. The Kier molecular flexibility index (Phi) is 1.42. The molecule has 0 aromatic heterocycles. The van der Waals surface area contributed by atoms with Crippen molar-refractivity contribution in [3.63, 3.8) is 0 Å². The van der Waals surface area contributed by atoms with Gasteiger partial charge in [0.1, 0.15) is 0 Å². The van der Waals surface area contributed by atoms with Crippen molar-refractivity contribution in [2.75, 3.05) is 6.54 Å². The molecule has 44 valence electrons. The van der Waals surface area contributed by atoms with Gasteiger partial charge in [-0.15, -0.1) is 0 Å². The first-order valence-electron chi connectivity index (χ1n) is 2.88. The summed E-state index contributed by atoms with van der Waals surface area (Å²) in [6.45, 7) is 5.03. The molecule has 0 saturated heterocycles. The molecule has 0 unspecified atom stereocenters. The molecule has 8 heavy (non-hydrogen) atoms. The van der Waals surface area contributed by atoms with Crippen LogP contribution in [0.25, 0.3) is 0 Å². The smallest absolute Gasteiger partial charge is 0.0805 e. The highest BCUT2D eigenvalue weighted by atomic mass is 15.1. The highest BCUT2D eigenvalue weighted by Crippen LogP contribution is 2.14. The second-order valence-electron chi connectivity index (χ2n) is 2.21. The lowest BCUT2D eigenvalue weighted by atomic mass is 10.1. The van der Waals surface area contributed by atoms with E-state index >= 15 is 0 Å². The topological polar surface area (TPSA) is 24.7 Å². The molecule has 0 radical (unpaired) electrons. The van der Waals surface area contributed by atoms with Crippen molar-refractivity contribution >= 4 is 0 Å². The van der Waals surface area contributed by atoms with Gasteiger partial charge in [-0.2, -0.15) is 10.2 Å². The molecule has 1 heterocycles. The molecular weight excluding hydrogens is 100 g/mol. The minimum absolute atomic E-state index is 0.543. The minimum atomic E-state index is 0.543. The fourth-order valence-corrected chi connectivity index (χ4v) is 0.649. The Balaban J connectivity index is 2.58. The van der Waals surface area contributed by atoms with E-state index in [2.05, 4.69) is 30.2 Å². The fraction of sp³-hybridized carbons (Fsp3) is 0.667. The maximum absolute atomic E-state index is 3.92. The van der Waals surface area contributed by atoms with E-state index in [9.17, 15) is 0 Å². The van der Waals surface area contributed by atoms with Crippen LogP contribution in [0.1, 0.15) is 13.8 Å². The molecule has 1 rings (SSSR count). The van der Waals surface area contributed by atoms with E-state index in [1.165, 1.54) is 0 Å². The number of hydrogen-bond donors (Lipinski definition) is 0. The molecular formula is C6H10N2. The van der Waals surface area contributed by atoms with E-state index < -0.39 is 0 Å². The average Bonchev–Trinajstić information content (AvgIpc) is 2.12.